The molecular formula is C22H29N5O4. The summed E-state index contributed by atoms with van der Waals surface area (Å²) in [6.07, 6.45) is 1.67. The van der Waals surface area contributed by atoms with Gasteiger partial charge in [-0.2, -0.15) is 4.98 Å². The van der Waals surface area contributed by atoms with Gasteiger partial charge in [0, 0.05) is 32.7 Å². The number of rotatable bonds is 6. The number of aryl methyl sites for hydroxylation is 1. The number of imidazole rings is 1. The molecule has 0 radical (unpaired) electrons. The summed E-state index contributed by atoms with van der Waals surface area (Å²) in [7, 11) is 4.91. The van der Waals surface area contributed by atoms with Crippen molar-refractivity contribution in [1.82, 2.24) is 18.7 Å². The normalized spacial score (nSPS) is 15.9. The summed E-state index contributed by atoms with van der Waals surface area (Å²) >= 11 is 0. The third kappa shape index (κ3) is 3.37. The fourth-order valence-electron chi connectivity index (χ4n) is 4.23. The van der Waals surface area contributed by atoms with Crippen LogP contribution >= 0.6 is 0 Å². The van der Waals surface area contributed by atoms with Crippen LogP contribution in [0.1, 0.15) is 26.7 Å². The standard InChI is InChI=1S/C22H29N5O4/c1-6-7-10-25-20(28)18-19(24(3)22(25)29)23-21-26(12-14(2)13-27(18)21)16-11-15(30-4)8-9-17(16)31-5/h8-9,11,14H,6-7,10,12-13H2,1-5H3/t14-/m1/s1. The molecule has 1 aromatic carbocycles. The maximum atomic E-state index is 13.3. The smallest absolute Gasteiger partial charge is 0.332 e. The molecule has 9 nitrogen and oxygen atoms in total. The van der Waals surface area contributed by atoms with E-state index in [0.29, 0.717) is 48.2 Å². The molecule has 4 rings (SSSR count). The maximum absolute atomic E-state index is 13.3. The highest BCUT2D eigenvalue weighted by atomic mass is 16.5. The molecule has 0 saturated heterocycles. The van der Waals surface area contributed by atoms with Gasteiger partial charge in [-0.3, -0.25) is 13.9 Å². The minimum absolute atomic E-state index is 0.251. The quantitative estimate of drug-likeness (QED) is 0.601. The Kier molecular flexibility index (Phi) is 5.51. The molecule has 0 unspecified atom stereocenters. The number of hydrogen-bond acceptors (Lipinski definition) is 6. The van der Waals surface area contributed by atoms with Crippen LogP contribution in [0.25, 0.3) is 11.2 Å². The summed E-state index contributed by atoms with van der Waals surface area (Å²) < 4.78 is 15.8. The van der Waals surface area contributed by atoms with Crippen molar-refractivity contribution in [2.24, 2.45) is 13.0 Å². The Hall–Kier alpha value is -3.23. The average molecular weight is 428 g/mol. The number of aromatic nitrogens is 4. The molecule has 1 aliphatic heterocycles. The minimum Gasteiger partial charge on any atom is -0.497 e. The number of anilines is 2. The van der Waals surface area contributed by atoms with Gasteiger partial charge in [-0.25, -0.2) is 4.79 Å². The second kappa shape index (κ2) is 8.13. The number of benzene rings is 1. The molecule has 0 amide bonds. The molecule has 31 heavy (non-hydrogen) atoms. The predicted molar refractivity (Wildman–Crippen MR) is 120 cm³/mol. The number of methoxy groups -OCH3 is 2. The summed E-state index contributed by atoms with van der Waals surface area (Å²) in [5.41, 5.74) is 1.06. The van der Waals surface area contributed by atoms with E-state index in [0.717, 1.165) is 18.5 Å². The molecule has 0 fully saturated rings. The van der Waals surface area contributed by atoms with Crippen LogP contribution in [0.15, 0.2) is 27.8 Å². The number of hydrogen-bond donors (Lipinski definition) is 0. The van der Waals surface area contributed by atoms with Crippen LogP contribution in [0.3, 0.4) is 0 Å². The molecular weight excluding hydrogens is 398 g/mol. The molecule has 1 atom stereocenters. The van der Waals surface area contributed by atoms with Crippen LogP contribution in [0.4, 0.5) is 11.6 Å². The summed E-state index contributed by atoms with van der Waals surface area (Å²) in [5.74, 6) is 2.26. The third-order valence-corrected chi connectivity index (χ3v) is 5.85. The van der Waals surface area contributed by atoms with E-state index in [4.69, 9.17) is 14.5 Å². The maximum Gasteiger partial charge on any atom is 0.332 e. The number of unbranched alkanes of at least 4 members (excludes halogenated alkanes) is 1. The number of fused-ring (bicyclic) bond motifs is 3. The first kappa shape index (κ1) is 21.0. The van der Waals surface area contributed by atoms with Gasteiger partial charge in [0.15, 0.2) is 11.2 Å². The Morgan fingerprint density at radius 2 is 1.94 bits per heavy atom. The molecule has 0 N–H and O–H groups in total. The monoisotopic (exact) mass is 427 g/mol. The van der Waals surface area contributed by atoms with E-state index in [1.807, 2.05) is 34.6 Å². The largest absolute Gasteiger partial charge is 0.497 e. The molecule has 0 aliphatic carbocycles. The second-order valence-corrected chi connectivity index (χ2v) is 8.10. The molecule has 9 heteroatoms. The van der Waals surface area contributed by atoms with Crippen molar-refractivity contribution < 1.29 is 9.47 Å². The van der Waals surface area contributed by atoms with Gasteiger partial charge in [0.2, 0.25) is 5.95 Å². The van der Waals surface area contributed by atoms with Crippen LogP contribution in [-0.4, -0.2) is 39.4 Å². The third-order valence-electron chi connectivity index (χ3n) is 5.85. The molecule has 3 heterocycles. The van der Waals surface area contributed by atoms with Gasteiger partial charge < -0.3 is 18.9 Å². The fraction of sp³-hybridized carbons (Fsp3) is 0.500. The Morgan fingerprint density at radius 3 is 2.61 bits per heavy atom. The topological polar surface area (TPSA) is 83.5 Å². The predicted octanol–water partition coefficient (Wildman–Crippen LogP) is 2.50. The SMILES string of the molecule is CCCCn1c(=O)c2c(nc3n2C[C@H](C)CN3c2cc(OC)ccc2OC)n(C)c1=O. The highest BCUT2D eigenvalue weighted by Crippen LogP contribution is 2.39. The minimum atomic E-state index is -0.333. The van der Waals surface area contributed by atoms with Gasteiger partial charge in [0.1, 0.15) is 11.5 Å². The van der Waals surface area contributed by atoms with E-state index >= 15 is 0 Å². The molecule has 1 aliphatic rings. The van der Waals surface area contributed by atoms with Crippen LogP contribution in [0.2, 0.25) is 0 Å². The van der Waals surface area contributed by atoms with Gasteiger partial charge in [-0.05, 0) is 24.5 Å². The van der Waals surface area contributed by atoms with E-state index in [1.54, 1.807) is 21.3 Å². The van der Waals surface area contributed by atoms with Crippen molar-refractivity contribution >= 4 is 22.8 Å². The first-order valence-corrected chi connectivity index (χ1v) is 10.6. The fourth-order valence-corrected chi connectivity index (χ4v) is 4.23. The number of nitrogens with zero attached hydrogens (tertiary/aromatic N) is 5. The van der Waals surface area contributed by atoms with E-state index in [-0.39, 0.29) is 17.2 Å². The van der Waals surface area contributed by atoms with Crippen molar-refractivity contribution in [3.63, 3.8) is 0 Å². The van der Waals surface area contributed by atoms with Crippen molar-refractivity contribution in [3.8, 4) is 11.5 Å². The van der Waals surface area contributed by atoms with E-state index < -0.39 is 0 Å². The van der Waals surface area contributed by atoms with Crippen molar-refractivity contribution in [3.05, 3.63) is 39.0 Å². The molecule has 0 spiro atoms. The number of ether oxygens (including phenoxy) is 2. The molecule has 2 aromatic heterocycles. The van der Waals surface area contributed by atoms with Crippen molar-refractivity contribution in [2.75, 3.05) is 25.7 Å². The van der Waals surface area contributed by atoms with E-state index in [9.17, 15) is 9.59 Å². The summed E-state index contributed by atoms with van der Waals surface area (Å²) in [6, 6.07) is 5.60. The first-order valence-electron chi connectivity index (χ1n) is 10.6. The lowest BCUT2D eigenvalue weighted by Gasteiger charge is -2.33. The van der Waals surface area contributed by atoms with Gasteiger partial charge in [0.25, 0.3) is 5.56 Å². The van der Waals surface area contributed by atoms with Crippen LogP contribution in [0.5, 0.6) is 11.5 Å². The molecule has 3 aromatic rings. The molecule has 0 bridgehead atoms. The Labute approximate surface area is 180 Å². The Balaban J connectivity index is 1.99. The second-order valence-electron chi connectivity index (χ2n) is 8.10. The summed E-state index contributed by atoms with van der Waals surface area (Å²) in [4.78, 5) is 33.0. The zero-order valence-corrected chi connectivity index (χ0v) is 18.7. The van der Waals surface area contributed by atoms with Gasteiger partial charge in [-0.15, -0.1) is 0 Å². The van der Waals surface area contributed by atoms with Crippen molar-refractivity contribution in [1.29, 1.82) is 0 Å². The van der Waals surface area contributed by atoms with Crippen LogP contribution < -0.4 is 25.6 Å². The Morgan fingerprint density at radius 1 is 1.16 bits per heavy atom. The lowest BCUT2D eigenvalue weighted by Crippen LogP contribution is -2.40. The van der Waals surface area contributed by atoms with Gasteiger partial charge in [-0.1, -0.05) is 20.3 Å². The highest BCUT2D eigenvalue weighted by Gasteiger charge is 2.31. The lowest BCUT2D eigenvalue weighted by molar-refractivity contribution is 0.399. The first-order chi connectivity index (χ1) is 14.9. The zero-order valence-electron chi connectivity index (χ0n) is 18.7. The molecule has 166 valence electrons. The summed E-state index contributed by atoms with van der Waals surface area (Å²) in [6.45, 7) is 5.92. The van der Waals surface area contributed by atoms with Crippen molar-refractivity contribution in [2.45, 2.75) is 39.8 Å². The Bertz CT molecular complexity index is 1240. The van der Waals surface area contributed by atoms with E-state index in [2.05, 4.69) is 6.92 Å². The average Bonchev–Trinajstić information content (AvgIpc) is 3.16. The van der Waals surface area contributed by atoms with Gasteiger partial charge >= 0.3 is 5.69 Å². The van der Waals surface area contributed by atoms with Crippen LogP contribution in [0, 0.1) is 5.92 Å². The molecule has 0 saturated carbocycles. The highest BCUT2D eigenvalue weighted by molar-refractivity contribution is 5.78. The van der Waals surface area contributed by atoms with Gasteiger partial charge in [0.05, 0.1) is 19.9 Å². The lowest BCUT2D eigenvalue weighted by atomic mass is 10.1. The van der Waals surface area contributed by atoms with E-state index in [1.165, 1.54) is 9.13 Å². The van der Waals surface area contributed by atoms with Crippen LogP contribution in [-0.2, 0) is 20.1 Å². The summed E-state index contributed by atoms with van der Waals surface area (Å²) in [5, 5.41) is 0. The zero-order chi connectivity index (χ0) is 22.3.